The summed E-state index contributed by atoms with van der Waals surface area (Å²) in [5, 5.41) is 0. The van der Waals surface area contributed by atoms with E-state index < -0.39 is 0 Å². The van der Waals surface area contributed by atoms with Gasteiger partial charge in [-0.1, -0.05) is 19.8 Å². The van der Waals surface area contributed by atoms with E-state index in [4.69, 9.17) is 5.73 Å². The molecule has 0 aromatic carbocycles. The van der Waals surface area contributed by atoms with Gasteiger partial charge >= 0.3 is 0 Å². The zero-order valence-corrected chi connectivity index (χ0v) is 10.2. The number of likely N-dealkylation sites (tertiary alicyclic amines) is 1. The maximum atomic E-state index is 6.35. The molecule has 1 heterocycles. The lowest BCUT2D eigenvalue weighted by molar-refractivity contribution is 0.0780. The molecule has 2 fully saturated rings. The van der Waals surface area contributed by atoms with Crippen molar-refractivity contribution in [2.45, 2.75) is 69.9 Å². The van der Waals surface area contributed by atoms with Gasteiger partial charge < -0.3 is 5.73 Å². The lowest BCUT2D eigenvalue weighted by Crippen LogP contribution is -2.57. The summed E-state index contributed by atoms with van der Waals surface area (Å²) < 4.78 is 0. The first-order valence-corrected chi connectivity index (χ1v) is 6.76. The molecule has 0 spiro atoms. The highest BCUT2D eigenvalue weighted by Crippen LogP contribution is 2.32. The minimum Gasteiger partial charge on any atom is -0.324 e. The Labute approximate surface area is 94.2 Å². The highest BCUT2D eigenvalue weighted by molar-refractivity contribution is 4.96. The Hall–Kier alpha value is -0.0800. The quantitative estimate of drug-likeness (QED) is 0.772. The van der Waals surface area contributed by atoms with Crippen molar-refractivity contribution in [3.63, 3.8) is 0 Å². The van der Waals surface area contributed by atoms with Gasteiger partial charge in [0, 0.05) is 18.1 Å². The second-order valence-corrected chi connectivity index (χ2v) is 5.62. The minimum absolute atomic E-state index is 0.184. The van der Waals surface area contributed by atoms with Crippen molar-refractivity contribution in [1.29, 1.82) is 0 Å². The average molecular weight is 210 g/mol. The highest BCUT2D eigenvalue weighted by Gasteiger charge is 2.36. The number of nitrogens with two attached hydrogens (primary N) is 1. The third-order valence-corrected chi connectivity index (χ3v) is 4.24. The third kappa shape index (κ3) is 2.73. The van der Waals surface area contributed by atoms with Crippen LogP contribution in [0.1, 0.15) is 58.3 Å². The Kier molecular flexibility index (Phi) is 3.68. The molecule has 2 nitrogen and oxygen atoms in total. The lowest BCUT2D eigenvalue weighted by atomic mass is 9.76. The van der Waals surface area contributed by atoms with Gasteiger partial charge in [0.2, 0.25) is 0 Å². The Morgan fingerprint density at radius 3 is 2.67 bits per heavy atom. The Bertz CT molecular complexity index is 197. The van der Waals surface area contributed by atoms with E-state index in [1.165, 1.54) is 57.9 Å². The minimum atomic E-state index is 0.184. The Balaban J connectivity index is 1.86. The molecular weight excluding hydrogens is 184 g/mol. The number of piperidine rings is 1. The van der Waals surface area contributed by atoms with Crippen molar-refractivity contribution in [2.24, 2.45) is 5.73 Å². The smallest absolute Gasteiger partial charge is 0.0283 e. The van der Waals surface area contributed by atoms with Gasteiger partial charge in [0.1, 0.15) is 0 Å². The predicted octanol–water partition coefficient (Wildman–Crippen LogP) is 2.52. The monoisotopic (exact) mass is 210 g/mol. The lowest BCUT2D eigenvalue weighted by Gasteiger charge is -2.46. The summed E-state index contributed by atoms with van der Waals surface area (Å²) >= 11 is 0. The zero-order valence-electron chi connectivity index (χ0n) is 10.2. The first-order valence-electron chi connectivity index (χ1n) is 6.76. The Morgan fingerprint density at radius 1 is 1.27 bits per heavy atom. The maximum Gasteiger partial charge on any atom is 0.0283 e. The van der Waals surface area contributed by atoms with E-state index in [0.717, 1.165) is 12.6 Å². The molecule has 0 radical (unpaired) electrons. The molecule has 0 amide bonds. The van der Waals surface area contributed by atoms with Crippen LogP contribution in [0.2, 0.25) is 0 Å². The van der Waals surface area contributed by atoms with Gasteiger partial charge in [-0.15, -0.1) is 0 Å². The van der Waals surface area contributed by atoms with Crippen LogP contribution in [0, 0.1) is 0 Å². The largest absolute Gasteiger partial charge is 0.324 e. The summed E-state index contributed by atoms with van der Waals surface area (Å²) in [5.41, 5.74) is 6.53. The van der Waals surface area contributed by atoms with Crippen LogP contribution < -0.4 is 5.73 Å². The summed E-state index contributed by atoms with van der Waals surface area (Å²) in [6.07, 6.45) is 10.8. The molecule has 2 heteroatoms. The van der Waals surface area contributed by atoms with E-state index in [0.29, 0.717) is 0 Å². The van der Waals surface area contributed by atoms with E-state index in [2.05, 4.69) is 11.8 Å². The van der Waals surface area contributed by atoms with Crippen LogP contribution in [-0.2, 0) is 0 Å². The molecule has 2 rings (SSSR count). The normalized spacial score (nSPS) is 31.2. The average Bonchev–Trinajstić information content (AvgIpc) is 2.19. The summed E-state index contributed by atoms with van der Waals surface area (Å²) in [4.78, 5) is 2.69. The summed E-state index contributed by atoms with van der Waals surface area (Å²) in [5.74, 6) is 0. The first kappa shape index (κ1) is 11.4. The van der Waals surface area contributed by atoms with Crippen molar-refractivity contribution in [1.82, 2.24) is 4.90 Å². The number of hydrogen-bond donors (Lipinski definition) is 1. The van der Waals surface area contributed by atoms with Crippen LogP contribution in [0.4, 0.5) is 0 Å². The fraction of sp³-hybridized carbons (Fsp3) is 1.00. The molecule has 1 aliphatic carbocycles. The van der Waals surface area contributed by atoms with E-state index >= 15 is 0 Å². The van der Waals surface area contributed by atoms with Gasteiger partial charge in [-0.3, -0.25) is 4.90 Å². The molecule has 1 saturated carbocycles. The molecule has 2 aliphatic rings. The molecular formula is C13H26N2. The molecule has 15 heavy (non-hydrogen) atoms. The van der Waals surface area contributed by atoms with Gasteiger partial charge in [-0.2, -0.15) is 0 Å². The fourth-order valence-corrected chi connectivity index (χ4v) is 3.12. The molecule has 0 aromatic rings. The van der Waals surface area contributed by atoms with Gasteiger partial charge in [-0.25, -0.2) is 0 Å². The van der Waals surface area contributed by atoms with Gasteiger partial charge in [0.05, 0.1) is 0 Å². The molecule has 0 bridgehead atoms. The molecule has 0 aromatic heterocycles. The highest BCUT2D eigenvalue weighted by atomic mass is 15.2. The van der Waals surface area contributed by atoms with Crippen molar-refractivity contribution >= 4 is 0 Å². The summed E-state index contributed by atoms with van der Waals surface area (Å²) in [6, 6.07) is 0.838. The van der Waals surface area contributed by atoms with Crippen LogP contribution in [0.3, 0.4) is 0 Å². The molecule has 1 saturated heterocycles. The first-order chi connectivity index (χ1) is 7.23. The maximum absolute atomic E-state index is 6.35. The van der Waals surface area contributed by atoms with Crippen molar-refractivity contribution in [3.8, 4) is 0 Å². The molecule has 2 N–H and O–H groups in total. The van der Waals surface area contributed by atoms with E-state index in [-0.39, 0.29) is 5.54 Å². The van der Waals surface area contributed by atoms with Gasteiger partial charge in [0.25, 0.3) is 0 Å². The van der Waals surface area contributed by atoms with Gasteiger partial charge in [0.15, 0.2) is 0 Å². The van der Waals surface area contributed by atoms with Crippen molar-refractivity contribution < 1.29 is 0 Å². The number of nitrogens with zero attached hydrogens (tertiary/aromatic N) is 1. The summed E-state index contributed by atoms with van der Waals surface area (Å²) in [7, 11) is 0. The second-order valence-electron chi connectivity index (χ2n) is 5.62. The zero-order chi connectivity index (χ0) is 10.7. The fourth-order valence-electron chi connectivity index (χ4n) is 3.12. The van der Waals surface area contributed by atoms with Crippen LogP contribution in [0.15, 0.2) is 0 Å². The van der Waals surface area contributed by atoms with E-state index in [1.54, 1.807) is 0 Å². The van der Waals surface area contributed by atoms with Crippen molar-refractivity contribution in [2.75, 3.05) is 13.1 Å². The van der Waals surface area contributed by atoms with Crippen LogP contribution in [-0.4, -0.2) is 29.6 Å². The van der Waals surface area contributed by atoms with Crippen molar-refractivity contribution in [3.05, 3.63) is 0 Å². The van der Waals surface area contributed by atoms with Crippen LogP contribution in [0.5, 0.6) is 0 Å². The Morgan fingerprint density at radius 2 is 2.07 bits per heavy atom. The van der Waals surface area contributed by atoms with E-state index in [1.807, 2.05) is 0 Å². The molecule has 88 valence electrons. The molecule has 1 unspecified atom stereocenters. The van der Waals surface area contributed by atoms with Crippen LogP contribution >= 0.6 is 0 Å². The van der Waals surface area contributed by atoms with E-state index in [9.17, 15) is 0 Å². The second kappa shape index (κ2) is 4.84. The van der Waals surface area contributed by atoms with Crippen LogP contribution in [0.25, 0.3) is 0 Å². The van der Waals surface area contributed by atoms with Gasteiger partial charge in [-0.05, 0) is 45.1 Å². The number of hydrogen-bond acceptors (Lipinski definition) is 2. The molecule has 1 aliphatic heterocycles. The SMILES string of the molecule is CCCC1CCCCN1CC1(N)CCC1. The summed E-state index contributed by atoms with van der Waals surface area (Å²) in [6.45, 7) is 4.76. The number of rotatable bonds is 4. The topological polar surface area (TPSA) is 29.3 Å². The predicted molar refractivity (Wildman–Crippen MR) is 64.9 cm³/mol. The third-order valence-electron chi connectivity index (χ3n) is 4.24. The molecule has 1 atom stereocenters. The standard InChI is InChI=1S/C13H26N2/c1-2-6-12-7-3-4-10-15(12)11-13(14)8-5-9-13/h12H,2-11,14H2,1H3.